The van der Waals surface area contributed by atoms with Crippen LogP contribution < -0.4 is 0 Å². The van der Waals surface area contributed by atoms with E-state index in [-0.39, 0.29) is 10.8 Å². The Hall–Kier alpha value is -0.500. The lowest BCUT2D eigenvalue weighted by Crippen LogP contribution is -2.19. The van der Waals surface area contributed by atoms with Gasteiger partial charge in [0.2, 0.25) is 4.38 Å². The minimum Gasteiger partial charge on any atom is -0.479 e. The van der Waals surface area contributed by atoms with Gasteiger partial charge in [0.1, 0.15) is 0 Å². The third kappa shape index (κ3) is 10.4. The van der Waals surface area contributed by atoms with Gasteiger partial charge in [-0.2, -0.15) is 13.2 Å². The Balaban J connectivity index is 4.23. The molecule has 0 N–H and O–H groups in total. The number of thioether (sulfide) groups is 1. The summed E-state index contributed by atoms with van der Waals surface area (Å²) in [6.45, 7) is 3.15. The zero-order valence-electron chi connectivity index (χ0n) is 9.37. The number of carbonyl (C=O) groups excluding carboxylic acids is 1. The van der Waals surface area contributed by atoms with Crippen LogP contribution in [0, 0.1) is 0 Å². The lowest BCUT2D eigenvalue weighted by Gasteiger charge is -2.17. The molecule has 0 heterocycles. The van der Waals surface area contributed by atoms with Gasteiger partial charge in [0.05, 0.1) is 6.61 Å². The van der Waals surface area contributed by atoms with Gasteiger partial charge < -0.3 is 9.47 Å². The molecule has 0 aliphatic carbocycles. The molecule has 0 aliphatic rings. The van der Waals surface area contributed by atoms with Crippen molar-refractivity contribution in [2.24, 2.45) is 0 Å². The van der Waals surface area contributed by atoms with Crippen molar-refractivity contribution in [3.8, 4) is 0 Å². The summed E-state index contributed by atoms with van der Waals surface area (Å²) < 4.78 is 45.8. The number of carbonyl (C=O) groups is 1. The van der Waals surface area contributed by atoms with Crippen LogP contribution >= 0.6 is 24.0 Å². The molecule has 0 aromatic carbocycles. The summed E-state index contributed by atoms with van der Waals surface area (Å²) in [5.41, 5.74) is -0.965. The molecule has 3 nitrogen and oxygen atoms in total. The zero-order chi connectivity index (χ0) is 13.5. The zero-order valence-corrected chi connectivity index (χ0v) is 11.0. The second-order valence-corrected chi connectivity index (χ2v) is 4.76. The Labute approximate surface area is 107 Å². The summed E-state index contributed by atoms with van der Waals surface area (Å²) in [6.07, 6.45) is -5.67. The molecule has 0 bridgehead atoms. The highest BCUT2D eigenvalue weighted by atomic mass is 32.2. The van der Waals surface area contributed by atoms with Crippen molar-refractivity contribution in [3.05, 3.63) is 0 Å². The molecule has 8 heteroatoms. The van der Waals surface area contributed by atoms with Crippen LogP contribution in [0.3, 0.4) is 0 Å². The molecule has 0 radical (unpaired) electrons. The molecule has 0 aromatic heterocycles. The molecule has 1 atom stereocenters. The van der Waals surface area contributed by atoms with E-state index in [4.69, 9.17) is 21.7 Å². The standard InChI is InChI=1S/C9H13F3O3S2/c1-3-14-8(16)17-7(15-6(2)13)4-5-9(10,11)12/h7H,3-5H2,1-2H3. The molecule has 0 spiro atoms. The topological polar surface area (TPSA) is 35.5 Å². The summed E-state index contributed by atoms with van der Waals surface area (Å²) in [5.74, 6) is -0.649. The van der Waals surface area contributed by atoms with E-state index in [1.54, 1.807) is 6.92 Å². The second-order valence-electron chi connectivity index (χ2n) is 2.99. The smallest absolute Gasteiger partial charge is 0.389 e. The molecule has 17 heavy (non-hydrogen) atoms. The molecule has 0 saturated carbocycles. The van der Waals surface area contributed by atoms with E-state index in [9.17, 15) is 18.0 Å². The summed E-state index contributed by atoms with van der Waals surface area (Å²) >= 11 is 5.56. The first-order valence-corrected chi connectivity index (χ1v) is 6.10. The lowest BCUT2D eigenvalue weighted by molar-refractivity contribution is -0.150. The maximum Gasteiger partial charge on any atom is 0.389 e. The van der Waals surface area contributed by atoms with Crippen LogP contribution in [-0.4, -0.2) is 28.6 Å². The summed E-state index contributed by atoms with van der Waals surface area (Å²) in [6, 6.07) is 0. The quantitative estimate of drug-likeness (QED) is 0.441. The molecule has 1 unspecified atom stereocenters. The molecular weight excluding hydrogens is 277 g/mol. The third-order valence-electron chi connectivity index (χ3n) is 1.45. The van der Waals surface area contributed by atoms with E-state index in [0.29, 0.717) is 6.61 Å². The molecule has 0 rings (SSSR count). The molecule has 100 valence electrons. The van der Waals surface area contributed by atoms with Crippen LogP contribution in [0.15, 0.2) is 0 Å². The number of hydrogen-bond donors (Lipinski definition) is 0. The van der Waals surface area contributed by atoms with E-state index < -0.39 is 24.0 Å². The van der Waals surface area contributed by atoms with Gasteiger partial charge in [-0.15, -0.1) is 0 Å². The van der Waals surface area contributed by atoms with Crippen LogP contribution in [0.2, 0.25) is 0 Å². The predicted molar refractivity (Wildman–Crippen MR) is 62.7 cm³/mol. The van der Waals surface area contributed by atoms with Crippen molar-refractivity contribution in [2.45, 2.75) is 38.3 Å². The normalized spacial score (nSPS) is 13.0. The van der Waals surface area contributed by atoms with Gasteiger partial charge in [0.15, 0.2) is 5.44 Å². The molecular formula is C9H13F3O3S2. The number of rotatable bonds is 5. The van der Waals surface area contributed by atoms with Crippen molar-refractivity contribution >= 4 is 34.3 Å². The van der Waals surface area contributed by atoms with E-state index in [2.05, 4.69) is 0 Å². The van der Waals surface area contributed by atoms with Gasteiger partial charge in [-0.3, -0.25) is 4.79 Å². The summed E-state index contributed by atoms with van der Waals surface area (Å²) in [7, 11) is 0. The minimum absolute atomic E-state index is 0.0703. The number of alkyl halides is 3. The van der Waals surface area contributed by atoms with Gasteiger partial charge in [-0.05, 0) is 30.9 Å². The van der Waals surface area contributed by atoms with Gasteiger partial charge in [0, 0.05) is 19.8 Å². The van der Waals surface area contributed by atoms with Gasteiger partial charge >= 0.3 is 12.1 Å². The van der Waals surface area contributed by atoms with Crippen LogP contribution in [0.4, 0.5) is 13.2 Å². The number of hydrogen-bond acceptors (Lipinski definition) is 5. The lowest BCUT2D eigenvalue weighted by atomic mass is 10.3. The van der Waals surface area contributed by atoms with Gasteiger partial charge in [-0.1, -0.05) is 0 Å². The molecule has 0 amide bonds. The van der Waals surface area contributed by atoms with Crippen molar-refractivity contribution < 1.29 is 27.4 Å². The van der Waals surface area contributed by atoms with Crippen molar-refractivity contribution in [3.63, 3.8) is 0 Å². The minimum atomic E-state index is -4.29. The summed E-state index contributed by atoms with van der Waals surface area (Å²) in [5, 5.41) is 0. The molecule has 0 fully saturated rings. The van der Waals surface area contributed by atoms with E-state index in [0.717, 1.165) is 18.7 Å². The Morgan fingerprint density at radius 1 is 1.47 bits per heavy atom. The van der Waals surface area contributed by atoms with E-state index in [1.807, 2.05) is 0 Å². The van der Waals surface area contributed by atoms with Crippen molar-refractivity contribution in [1.82, 2.24) is 0 Å². The van der Waals surface area contributed by atoms with Crippen LogP contribution in [-0.2, 0) is 14.3 Å². The Kier molecular flexibility index (Phi) is 7.53. The highest BCUT2D eigenvalue weighted by molar-refractivity contribution is 8.22. The van der Waals surface area contributed by atoms with Crippen LogP contribution in [0.5, 0.6) is 0 Å². The highest BCUT2D eigenvalue weighted by Crippen LogP contribution is 2.28. The number of halogens is 3. The average molecular weight is 290 g/mol. The largest absolute Gasteiger partial charge is 0.479 e. The number of ether oxygens (including phenoxy) is 2. The van der Waals surface area contributed by atoms with Crippen molar-refractivity contribution in [1.29, 1.82) is 0 Å². The maximum absolute atomic E-state index is 12.0. The Morgan fingerprint density at radius 3 is 2.47 bits per heavy atom. The fraction of sp³-hybridized carbons (Fsp3) is 0.778. The first-order chi connectivity index (χ1) is 7.74. The van der Waals surface area contributed by atoms with E-state index in [1.165, 1.54) is 0 Å². The highest BCUT2D eigenvalue weighted by Gasteiger charge is 2.30. The average Bonchev–Trinajstić information content (AvgIpc) is 2.12. The Morgan fingerprint density at radius 2 is 2.06 bits per heavy atom. The maximum atomic E-state index is 12.0. The third-order valence-corrected chi connectivity index (χ3v) is 2.76. The van der Waals surface area contributed by atoms with Crippen LogP contribution in [0.1, 0.15) is 26.7 Å². The molecule has 0 aromatic rings. The van der Waals surface area contributed by atoms with E-state index >= 15 is 0 Å². The van der Waals surface area contributed by atoms with Gasteiger partial charge in [-0.25, -0.2) is 0 Å². The fourth-order valence-electron chi connectivity index (χ4n) is 0.868. The fourth-order valence-corrected chi connectivity index (χ4v) is 2.13. The molecule has 0 aliphatic heterocycles. The first kappa shape index (κ1) is 16.5. The monoisotopic (exact) mass is 290 g/mol. The predicted octanol–water partition coefficient (Wildman–Crippen LogP) is 3.27. The van der Waals surface area contributed by atoms with Crippen LogP contribution in [0.25, 0.3) is 0 Å². The molecule has 0 saturated heterocycles. The Bertz CT molecular complexity index is 269. The first-order valence-electron chi connectivity index (χ1n) is 4.82. The SMILES string of the molecule is CCOC(=S)SC(CCC(F)(F)F)OC(C)=O. The number of esters is 1. The second kappa shape index (κ2) is 7.75. The summed E-state index contributed by atoms with van der Waals surface area (Å²) in [4.78, 5) is 10.7. The van der Waals surface area contributed by atoms with Crippen molar-refractivity contribution in [2.75, 3.05) is 6.61 Å². The van der Waals surface area contributed by atoms with Gasteiger partial charge in [0.25, 0.3) is 0 Å². The number of thiocarbonyl (C=S) groups is 1.